The average molecular weight is 287 g/mol. The molecule has 1 aliphatic rings. The van der Waals surface area contributed by atoms with Gasteiger partial charge >= 0.3 is 0 Å². The molecule has 0 saturated heterocycles. The molecule has 4 heteroatoms. The highest BCUT2D eigenvalue weighted by Crippen LogP contribution is 2.27. The van der Waals surface area contributed by atoms with Gasteiger partial charge < -0.3 is 5.73 Å². The van der Waals surface area contributed by atoms with Gasteiger partial charge in [-0.25, -0.2) is 0 Å². The summed E-state index contributed by atoms with van der Waals surface area (Å²) >= 11 is 12.3. The van der Waals surface area contributed by atoms with Crippen LogP contribution in [-0.2, 0) is 6.54 Å². The fourth-order valence-electron chi connectivity index (χ4n) is 2.71. The molecule has 1 aromatic rings. The third-order valence-corrected chi connectivity index (χ3v) is 4.24. The van der Waals surface area contributed by atoms with E-state index >= 15 is 0 Å². The predicted molar refractivity (Wildman–Crippen MR) is 78.2 cm³/mol. The van der Waals surface area contributed by atoms with Crippen LogP contribution in [0.2, 0.25) is 10.0 Å². The molecule has 2 nitrogen and oxygen atoms in total. The summed E-state index contributed by atoms with van der Waals surface area (Å²) < 4.78 is 0. The van der Waals surface area contributed by atoms with Crippen molar-refractivity contribution in [2.45, 2.75) is 38.3 Å². The number of hydrogen-bond acceptors (Lipinski definition) is 2. The van der Waals surface area contributed by atoms with Crippen molar-refractivity contribution in [1.29, 1.82) is 0 Å². The summed E-state index contributed by atoms with van der Waals surface area (Å²) in [4.78, 5) is 2.45. The second-order valence-electron chi connectivity index (χ2n) is 4.93. The van der Waals surface area contributed by atoms with Crippen LogP contribution < -0.4 is 5.73 Å². The maximum absolute atomic E-state index is 6.23. The molecule has 0 radical (unpaired) electrons. The van der Waals surface area contributed by atoms with Crippen LogP contribution in [0.1, 0.15) is 31.2 Å². The van der Waals surface area contributed by atoms with Crippen molar-refractivity contribution in [3.8, 4) is 0 Å². The quantitative estimate of drug-likeness (QED) is 0.894. The van der Waals surface area contributed by atoms with Gasteiger partial charge in [-0.05, 0) is 36.6 Å². The monoisotopic (exact) mass is 286 g/mol. The van der Waals surface area contributed by atoms with E-state index in [-0.39, 0.29) is 0 Å². The third kappa shape index (κ3) is 3.61. The molecule has 0 aromatic heterocycles. The molecule has 0 bridgehead atoms. The molecule has 18 heavy (non-hydrogen) atoms. The summed E-state index contributed by atoms with van der Waals surface area (Å²) in [7, 11) is 0. The van der Waals surface area contributed by atoms with E-state index in [0.29, 0.717) is 12.6 Å². The molecule has 0 heterocycles. The van der Waals surface area contributed by atoms with Crippen LogP contribution in [0.25, 0.3) is 0 Å². The summed E-state index contributed by atoms with van der Waals surface area (Å²) in [5.74, 6) is 0. The molecule has 0 spiro atoms. The molecule has 100 valence electrons. The first-order valence-corrected chi connectivity index (χ1v) is 7.34. The first-order valence-electron chi connectivity index (χ1n) is 6.58. The van der Waals surface area contributed by atoms with E-state index in [4.69, 9.17) is 28.9 Å². The lowest BCUT2D eigenvalue weighted by molar-refractivity contribution is 0.195. The largest absolute Gasteiger partial charge is 0.329 e. The Morgan fingerprint density at radius 2 is 1.94 bits per heavy atom. The molecule has 0 amide bonds. The van der Waals surface area contributed by atoms with Gasteiger partial charge in [0.05, 0.1) is 0 Å². The average Bonchev–Trinajstić information content (AvgIpc) is 2.87. The number of halogens is 2. The maximum Gasteiger partial charge on any atom is 0.0452 e. The Bertz CT molecular complexity index is 389. The molecule has 1 aromatic carbocycles. The van der Waals surface area contributed by atoms with Crippen molar-refractivity contribution in [3.63, 3.8) is 0 Å². The molecule has 2 rings (SSSR count). The molecule has 1 aliphatic carbocycles. The molecule has 0 aliphatic heterocycles. The van der Waals surface area contributed by atoms with Crippen molar-refractivity contribution in [2.75, 3.05) is 13.1 Å². The lowest BCUT2D eigenvalue weighted by atomic mass is 10.1. The summed E-state index contributed by atoms with van der Waals surface area (Å²) in [5.41, 5.74) is 6.82. The van der Waals surface area contributed by atoms with E-state index < -0.39 is 0 Å². The van der Waals surface area contributed by atoms with E-state index in [2.05, 4.69) is 4.90 Å². The maximum atomic E-state index is 6.23. The number of rotatable bonds is 5. The Morgan fingerprint density at radius 1 is 1.22 bits per heavy atom. The van der Waals surface area contributed by atoms with Crippen LogP contribution in [0, 0.1) is 0 Å². The van der Waals surface area contributed by atoms with E-state index in [1.54, 1.807) is 0 Å². The Labute approximate surface area is 119 Å². The van der Waals surface area contributed by atoms with E-state index in [1.165, 1.54) is 25.7 Å². The van der Waals surface area contributed by atoms with Gasteiger partial charge in [0.15, 0.2) is 0 Å². The Kier molecular flexibility index (Phi) is 5.31. The molecule has 0 unspecified atom stereocenters. The first kappa shape index (κ1) is 14.1. The van der Waals surface area contributed by atoms with E-state index in [0.717, 1.165) is 28.7 Å². The fourth-order valence-corrected chi connectivity index (χ4v) is 3.08. The van der Waals surface area contributed by atoms with Gasteiger partial charge in [-0.1, -0.05) is 36.0 Å². The predicted octanol–water partition coefficient (Wildman–Crippen LogP) is 3.70. The normalized spacial score (nSPS) is 16.7. The van der Waals surface area contributed by atoms with Crippen molar-refractivity contribution < 1.29 is 0 Å². The zero-order valence-electron chi connectivity index (χ0n) is 10.5. The Balaban J connectivity index is 2.09. The van der Waals surface area contributed by atoms with E-state index in [9.17, 15) is 0 Å². The van der Waals surface area contributed by atoms with Crippen LogP contribution in [0.5, 0.6) is 0 Å². The minimum Gasteiger partial charge on any atom is -0.329 e. The van der Waals surface area contributed by atoms with E-state index in [1.807, 2.05) is 18.2 Å². The minimum atomic E-state index is 0.656. The minimum absolute atomic E-state index is 0.656. The zero-order chi connectivity index (χ0) is 13.0. The van der Waals surface area contributed by atoms with Crippen molar-refractivity contribution in [2.24, 2.45) is 5.73 Å². The number of benzene rings is 1. The molecular weight excluding hydrogens is 267 g/mol. The summed E-state index contributed by atoms with van der Waals surface area (Å²) in [6.07, 6.45) is 5.21. The molecule has 1 fully saturated rings. The Hall–Kier alpha value is -0.280. The van der Waals surface area contributed by atoms with Crippen LogP contribution in [0.4, 0.5) is 0 Å². The number of nitrogens with zero attached hydrogens (tertiary/aromatic N) is 1. The molecule has 1 saturated carbocycles. The smallest absolute Gasteiger partial charge is 0.0452 e. The van der Waals surface area contributed by atoms with Crippen LogP contribution in [0.15, 0.2) is 18.2 Å². The van der Waals surface area contributed by atoms with Crippen molar-refractivity contribution in [3.05, 3.63) is 33.8 Å². The SMILES string of the molecule is NCCN(Cc1cc(Cl)ccc1Cl)C1CCCC1. The highest BCUT2D eigenvalue weighted by Gasteiger charge is 2.22. The van der Waals surface area contributed by atoms with Gasteiger partial charge in [-0.15, -0.1) is 0 Å². The van der Waals surface area contributed by atoms with Gasteiger partial charge in [0.25, 0.3) is 0 Å². The van der Waals surface area contributed by atoms with Gasteiger partial charge in [0.2, 0.25) is 0 Å². The lowest BCUT2D eigenvalue weighted by Crippen LogP contribution is -2.36. The van der Waals surface area contributed by atoms with Gasteiger partial charge in [-0.2, -0.15) is 0 Å². The van der Waals surface area contributed by atoms with Crippen LogP contribution >= 0.6 is 23.2 Å². The topological polar surface area (TPSA) is 29.3 Å². The number of nitrogens with two attached hydrogens (primary N) is 1. The highest BCUT2D eigenvalue weighted by atomic mass is 35.5. The highest BCUT2D eigenvalue weighted by molar-refractivity contribution is 6.33. The second kappa shape index (κ2) is 6.76. The fraction of sp³-hybridized carbons (Fsp3) is 0.571. The van der Waals surface area contributed by atoms with Crippen LogP contribution in [0.3, 0.4) is 0 Å². The molecular formula is C14H20Cl2N2. The molecule has 2 N–H and O–H groups in total. The van der Waals surface area contributed by atoms with Gasteiger partial charge in [0.1, 0.15) is 0 Å². The van der Waals surface area contributed by atoms with Gasteiger partial charge in [0, 0.05) is 35.7 Å². The van der Waals surface area contributed by atoms with Crippen molar-refractivity contribution in [1.82, 2.24) is 4.90 Å². The number of hydrogen-bond donors (Lipinski definition) is 1. The third-order valence-electron chi connectivity index (χ3n) is 3.64. The first-order chi connectivity index (χ1) is 8.70. The summed E-state index contributed by atoms with van der Waals surface area (Å²) in [5, 5.41) is 1.54. The lowest BCUT2D eigenvalue weighted by Gasteiger charge is -2.28. The summed E-state index contributed by atoms with van der Waals surface area (Å²) in [6, 6.07) is 6.32. The van der Waals surface area contributed by atoms with Crippen LogP contribution in [-0.4, -0.2) is 24.0 Å². The Morgan fingerprint density at radius 3 is 2.61 bits per heavy atom. The molecule has 0 atom stereocenters. The van der Waals surface area contributed by atoms with Gasteiger partial charge in [-0.3, -0.25) is 4.90 Å². The standard InChI is InChI=1S/C14H20Cl2N2/c15-12-5-6-14(16)11(9-12)10-18(8-7-17)13-3-1-2-4-13/h5-6,9,13H,1-4,7-8,10,17H2. The zero-order valence-corrected chi connectivity index (χ0v) is 12.1. The summed E-state index contributed by atoms with van der Waals surface area (Å²) in [6.45, 7) is 2.46. The van der Waals surface area contributed by atoms with Crippen molar-refractivity contribution >= 4 is 23.2 Å². The second-order valence-corrected chi connectivity index (χ2v) is 5.78.